The van der Waals surface area contributed by atoms with Crippen LogP contribution in [0.4, 0.5) is 0 Å². The maximum atomic E-state index is 5.85. The molecule has 0 aliphatic rings. The minimum atomic E-state index is -0.0825. The Labute approximate surface area is 101 Å². The minimum Gasteiger partial charge on any atom is -0.497 e. The van der Waals surface area contributed by atoms with Gasteiger partial charge in [-0.15, -0.1) is 0 Å². The summed E-state index contributed by atoms with van der Waals surface area (Å²) < 4.78 is 10.7. The quantitative estimate of drug-likeness (QED) is 0.862. The number of hydrogen-bond acceptors (Lipinski definition) is 3. The van der Waals surface area contributed by atoms with E-state index in [1.54, 1.807) is 13.2 Å². The predicted molar refractivity (Wildman–Crippen MR) is 66.1 cm³/mol. The Balaban J connectivity index is 2.91. The predicted octanol–water partition coefficient (Wildman–Crippen LogP) is 2.85. The first-order valence-electron chi connectivity index (χ1n) is 5.00. The summed E-state index contributed by atoms with van der Waals surface area (Å²) in [6.45, 7) is 2.32. The maximum Gasteiger partial charge on any atom is 0.128 e. The summed E-state index contributed by atoms with van der Waals surface area (Å²) in [5.74, 6) is 1.47. The van der Waals surface area contributed by atoms with Crippen LogP contribution in [0.3, 0.4) is 0 Å². The van der Waals surface area contributed by atoms with Gasteiger partial charge in [-0.1, -0.05) is 17.7 Å². The highest BCUT2D eigenvalue weighted by Gasteiger charge is 2.09. The van der Waals surface area contributed by atoms with Crippen LogP contribution in [0.5, 0.6) is 11.5 Å². The van der Waals surface area contributed by atoms with Gasteiger partial charge < -0.3 is 15.2 Å². The molecule has 0 unspecified atom stereocenters. The summed E-state index contributed by atoms with van der Waals surface area (Å²) in [6.07, 6.45) is 1.71. The highest BCUT2D eigenvalue weighted by Crippen LogP contribution is 2.28. The second-order valence-electron chi connectivity index (χ2n) is 3.37. The van der Waals surface area contributed by atoms with E-state index >= 15 is 0 Å². The largest absolute Gasteiger partial charge is 0.497 e. The van der Waals surface area contributed by atoms with E-state index in [0.29, 0.717) is 6.61 Å². The van der Waals surface area contributed by atoms with Crippen molar-refractivity contribution in [2.45, 2.75) is 13.0 Å². The van der Waals surface area contributed by atoms with E-state index in [1.165, 1.54) is 5.54 Å². The third-order valence-corrected chi connectivity index (χ3v) is 2.31. The summed E-state index contributed by atoms with van der Waals surface area (Å²) in [5.41, 5.74) is 8.22. The smallest absolute Gasteiger partial charge is 0.128 e. The molecule has 4 heteroatoms. The van der Waals surface area contributed by atoms with Gasteiger partial charge in [0.15, 0.2) is 0 Å². The van der Waals surface area contributed by atoms with Crippen molar-refractivity contribution >= 4 is 11.6 Å². The van der Waals surface area contributed by atoms with Crippen LogP contribution >= 0.6 is 11.6 Å². The number of halogens is 1. The molecule has 0 amide bonds. The highest BCUT2D eigenvalue weighted by atomic mass is 35.5. The zero-order valence-electron chi connectivity index (χ0n) is 9.44. The molecule has 1 atom stereocenters. The summed E-state index contributed by atoms with van der Waals surface area (Å²) in [7, 11) is 1.61. The molecular formula is C12H16ClNO2. The van der Waals surface area contributed by atoms with E-state index in [2.05, 4.69) is 0 Å². The number of ether oxygens (including phenoxy) is 2. The number of methoxy groups -OCH3 is 1. The van der Waals surface area contributed by atoms with E-state index in [4.69, 9.17) is 26.8 Å². The molecule has 0 bridgehead atoms. The molecule has 1 rings (SSSR count). The lowest BCUT2D eigenvalue weighted by atomic mass is 10.1. The van der Waals surface area contributed by atoms with Crippen molar-refractivity contribution in [1.29, 1.82) is 0 Å². The van der Waals surface area contributed by atoms with Gasteiger partial charge in [0.05, 0.1) is 7.11 Å². The lowest BCUT2D eigenvalue weighted by Crippen LogP contribution is -2.08. The van der Waals surface area contributed by atoms with E-state index < -0.39 is 0 Å². The van der Waals surface area contributed by atoms with Crippen LogP contribution in [0, 0.1) is 0 Å². The molecule has 16 heavy (non-hydrogen) atoms. The van der Waals surface area contributed by atoms with Crippen LogP contribution < -0.4 is 15.2 Å². The Kier molecular flexibility index (Phi) is 5.15. The van der Waals surface area contributed by atoms with Gasteiger partial charge in [-0.2, -0.15) is 0 Å². The molecule has 88 valence electrons. The molecule has 0 spiro atoms. The Morgan fingerprint density at radius 3 is 2.81 bits per heavy atom. The van der Waals surface area contributed by atoms with Gasteiger partial charge in [-0.3, -0.25) is 0 Å². The van der Waals surface area contributed by atoms with Crippen LogP contribution in [-0.2, 0) is 0 Å². The molecular weight excluding hydrogens is 226 g/mol. The first kappa shape index (κ1) is 12.9. The number of benzene rings is 1. The summed E-state index contributed by atoms with van der Waals surface area (Å²) in [6, 6.07) is 5.51. The second kappa shape index (κ2) is 6.40. The Bertz CT molecular complexity index is 364. The Morgan fingerprint density at radius 1 is 1.50 bits per heavy atom. The van der Waals surface area contributed by atoms with Crippen LogP contribution in [0.2, 0.25) is 0 Å². The van der Waals surface area contributed by atoms with Crippen molar-refractivity contribution < 1.29 is 9.47 Å². The van der Waals surface area contributed by atoms with Crippen molar-refractivity contribution in [1.82, 2.24) is 0 Å². The normalized spacial score (nSPS) is 12.8. The minimum absolute atomic E-state index is 0.0825. The summed E-state index contributed by atoms with van der Waals surface area (Å²) in [4.78, 5) is 0. The van der Waals surface area contributed by atoms with E-state index in [1.807, 2.05) is 25.1 Å². The fraction of sp³-hybridized carbons (Fsp3) is 0.333. The van der Waals surface area contributed by atoms with Gasteiger partial charge >= 0.3 is 0 Å². The summed E-state index contributed by atoms with van der Waals surface area (Å²) in [5, 5.41) is 0. The van der Waals surface area contributed by atoms with Crippen LogP contribution in [-0.4, -0.2) is 13.7 Å². The van der Waals surface area contributed by atoms with Crippen LogP contribution in [0.25, 0.3) is 0 Å². The number of hydrogen-bond donors (Lipinski definition) is 1. The molecule has 0 heterocycles. The third-order valence-electron chi connectivity index (χ3n) is 2.14. The van der Waals surface area contributed by atoms with Crippen LogP contribution in [0.1, 0.15) is 18.5 Å². The molecule has 0 aromatic heterocycles. The lowest BCUT2D eigenvalue weighted by Gasteiger charge is -2.14. The van der Waals surface area contributed by atoms with E-state index in [0.717, 1.165) is 17.1 Å². The fourth-order valence-corrected chi connectivity index (χ4v) is 1.39. The summed E-state index contributed by atoms with van der Waals surface area (Å²) >= 11 is 5.42. The molecule has 3 nitrogen and oxygen atoms in total. The Morgan fingerprint density at radius 2 is 2.25 bits per heavy atom. The highest BCUT2D eigenvalue weighted by molar-refractivity contribution is 6.25. The van der Waals surface area contributed by atoms with Gasteiger partial charge in [0.2, 0.25) is 0 Å². The van der Waals surface area contributed by atoms with E-state index in [9.17, 15) is 0 Å². The topological polar surface area (TPSA) is 44.5 Å². The van der Waals surface area contributed by atoms with Gasteiger partial charge in [0.25, 0.3) is 0 Å². The van der Waals surface area contributed by atoms with Gasteiger partial charge in [0, 0.05) is 23.2 Å². The molecule has 1 aromatic rings. The Hall–Kier alpha value is -1.19. The third kappa shape index (κ3) is 3.43. The van der Waals surface area contributed by atoms with E-state index in [-0.39, 0.29) is 6.04 Å². The monoisotopic (exact) mass is 241 g/mol. The number of nitrogens with two attached hydrogens (primary N) is 1. The molecule has 0 aliphatic carbocycles. The number of rotatable bonds is 5. The van der Waals surface area contributed by atoms with Crippen molar-refractivity contribution in [2.75, 3.05) is 13.7 Å². The molecule has 1 aromatic carbocycles. The van der Waals surface area contributed by atoms with Gasteiger partial charge in [-0.05, 0) is 19.1 Å². The zero-order valence-corrected chi connectivity index (χ0v) is 10.2. The molecule has 0 aliphatic heterocycles. The first-order valence-corrected chi connectivity index (χ1v) is 5.44. The van der Waals surface area contributed by atoms with Crippen molar-refractivity contribution in [2.24, 2.45) is 5.73 Å². The average Bonchev–Trinajstić information content (AvgIpc) is 2.29. The fourth-order valence-electron chi connectivity index (χ4n) is 1.32. The van der Waals surface area contributed by atoms with Gasteiger partial charge in [-0.25, -0.2) is 0 Å². The second-order valence-corrected chi connectivity index (χ2v) is 3.62. The molecule has 0 fully saturated rings. The first-order chi connectivity index (χ1) is 7.69. The maximum absolute atomic E-state index is 5.85. The molecule has 0 radical (unpaired) electrons. The zero-order chi connectivity index (χ0) is 12.0. The standard InChI is InChI=1S/C12H16ClNO2/c1-9(14)11-5-4-10(15-2)8-12(11)16-7-3-6-13/h3-6,8-9H,7,14H2,1-2H3/b6-3+/t9-/m0/s1. The average molecular weight is 242 g/mol. The van der Waals surface area contributed by atoms with Crippen LogP contribution in [0.15, 0.2) is 29.8 Å². The lowest BCUT2D eigenvalue weighted by molar-refractivity contribution is 0.351. The molecule has 2 N–H and O–H groups in total. The SMILES string of the molecule is COc1ccc([C@H](C)N)c(OC/C=C/Cl)c1. The van der Waals surface area contributed by atoms with Crippen molar-refractivity contribution in [3.8, 4) is 11.5 Å². The van der Waals surface area contributed by atoms with Crippen molar-refractivity contribution in [3.05, 3.63) is 35.4 Å². The molecule has 0 saturated heterocycles. The molecule has 0 saturated carbocycles. The van der Waals surface area contributed by atoms with Gasteiger partial charge in [0.1, 0.15) is 18.1 Å². The van der Waals surface area contributed by atoms with Crippen molar-refractivity contribution in [3.63, 3.8) is 0 Å².